The van der Waals surface area contributed by atoms with Crippen LogP contribution in [0, 0.1) is 0 Å². The first-order chi connectivity index (χ1) is 18.6. The third-order valence-corrected chi connectivity index (χ3v) is 5.18. The average Bonchev–Trinajstić information content (AvgIpc) is 2.95. The molecule has 0 unspecified atom stereocenters. The van der Waals surface area contributed by atoms with Crippen LogP contribution in [0.15, 0.2) is 84.9 Å². The maximum Gasteiger partial charge on any atom is 0.513 e. The van der Waals surface area contributed by atoms with Gasteiger partial charge in [-0.1, -0.05) is 74.5 Å². The molecule has 0 aliphatic carbocycles. The Labute approximate surface area is 220 Å². The lowest BCUT2D eigenvalue weighted by molar-refractivity contribution is 0.0961. The van der Waals surface area contributed by atoms with Crippen LogP contribution in [-0.4, -0.2) is 25.5 Å². The molecule has 0 atom stereocenters. The van der Waals surface area contributed by atoms with Gasteiger partial charge in [0.2, 0.25) is 11.5 Å². The highest BCUT2D eigenvalue weighted by atomic mass is 16.7. The van der Waals surface area contributed by atoms with E-state index in [0.717, 1.165) is 0 Å². The monoisotopic (exact) mass is 516 g/mol. The third kappa shape index (κ3) is 6.53. The van der Waals surface area contributed by atoms with Gasteiger partial charge in [0.25, 0.3) is 0 Å². The second kappa shape index (κ2) is 13.0. The Balaban J connectivity index is 1.95. The van der Waals surface area contributed by atoms with Gasteiger partial charge in [0, 0.05) is 10.8 Å². The van der Waals surface area contributed by atoms with E-state index in [1.807, 2.05) is 26.0 Å². The van der Waals surface area contributed by atoms with Crippen LogP contribution >= 0.6 is 0 Å². The summed E-state index contributed by atoms with van der Waals surface area (Å²) in [6, 6.07) is 24.7. The van der Waals surface area contributed by atoms with E-state index in [2.05, 4.69) is 0 Å². The van der Waals surface area contributed by atoms with Gasteiger partial charge in [0.15, 0.2) is 11.5 Å². The second-order valence-electron chi connectivity index (χ2n) is 8.09. The van der Waals surface area contributed by atoms with Crippen molar-refractivity contribution in [2.45, 2.75) is 26.7 Å². The highest BCUT2D eigenvalue weighted by molar-refractivity contribution is 6.01. The van der Waals surface area contributed by atoms with Crippen LogP contribution in [0.4, 0.5) is 9.59 Å². The van der Waals surface area contributed by atoms with Gasteiger partial charge >= 0.3 is 12.3 Å². The van der Waals surface area contributed by atoms with E-state index in [0.29, 0.717) is 35.1 Å². The smallest absolute Gasteiger partial charge is 0.449 e. The Kier molecular flexibility index (Phi) is 9.02. The van der Waals surface area contributed by atoms with Crippen molar-refractivity contribution in [1.29, 1.82) is 0 Å². The minimum absolute atomic E-state index is 0.0190. The molecule has 0 bridgehead atoms. The SMILES string of the molecule is CCCOC(=O)Oc1c(Oc2ccccc2)c(Oc2ccccc2)c(OC(=O)OCCC)c2ccccc12. The summed E-state index contributed by atoms with van der Waals surface area (Å²) in [5, 5.41) is 0.871. The molecule has 0 aliphatic rings. The first-order valence-corrected chi connectivity index (χ1v) is 12.3. The first-order valence-electron chi connectivity index (χ1n) is 12.3. The summed E-state index contributed by atoms with van der Waals surface area (Å²) in [5.41, 5.74) is 0. The molecule has 4 aromatic carbocycles. The van der Waals surface area contributed by atoms with Crippen LogP contribution in [0.5, 0.6) is 34.5 Å². The van der Waals surface area contributed by atoms with Crippen molar-refractivity contribution in [1.82, 2.24) is 0 Å². The molecular formula is C30H28O8. The lowest BCUT2D eigenvalue weighted by atomic mass is 10.1. The van der Waals surface area contributed by atoms with Gasteiger partial charge in [-0.25, -0.2) is 9.59 Å². The maximum atomic E-state index is 12.6. The van der Waals surface area contributed by atoms with Gasteiger partial charge in [-0.05, 0) is 37.1 Å². The van der Waals surface area contributed by atoms with Crippen molar-refractivity contribution >= 4 is 23.1 Å². The van der Waals surface area contributed by atoms with Crippen molar-refractivity contribution in [3.05, 3.63) is 84.9 Å². The number of rotatable bonds is 10. The van der Waals surface area contributed by atoms with Gasteiger partial charge < -0.3 is 28.4 Å². The van der Waals surface area contributed by atoms with E-state index in [1.165, 1.54) is 0 Å². The van der Waals surface area contributed by atoms with E-state index in [9.17, 15) is 9.59 Å². The lowest BCUT2D eigenvalue weighted by Crippen LogP contribution is -2.14. The summed E-state index contributed by atoms with van der Waals surface area (Å²) < 4.78 is 34.2. The number of fused-ring (bicyclic) bond motifs is 1. The number of hydrogen-bond acceptors (Lipinski definition) is 8. The minimum Gasteiger partial charge on any atom is -0.449 e. The molecule has 8 nitrogen and oxygen atoms in total. The van der Waals surface area contributed by atoms with Gasteiger partial charge in [-0.2, -0.15) is 0 Å². The Morgan fingerprint density at radius 1 is 0.526 bits per heavy atom. The molecule has 0 N–H and O–H groups in total. The third-order valence-electron chi connectivity index (χ3n) is 5.18. The zero-order chi connectivity index (χ0) is 26.7. The second-order valence-corrected chi connectivity index (χ2v) is 8.09. The molecule has 196 valence electrons. The van der Waals surface area contributed by atoms with Crippen LogP contribution < -0.4 is 18.9 Å². The molecule has 0 saturated heterocycles. The Hall–Kier alpha value is -4.72. The number of carbonyl (C=O) groups excluding carboxylic acids is 2. The average molecular weight is 517 g/mol. The van der Waals surface area contributed by atoms with Gasteiger partial charge in [0.05, 0.1) is 13.2 Å². The van der Waals surface area contributed by atoms with Gasteiger partial charge in [0.1, 0.15) is 11.5 Å². The van der Waals surface area contributed by atoms with Crippen molar-refractivity contribution < 1.29 is 38.0 Å². The van der Waals surface area contributed by atoms with Crippen LogP contribution in [0.2, 0.25) is 0 Å². The highest BCUT2D eigenvalue weighted by Crippen LogP contribution is 2.54. The summed E-state index contributed by atoms with van der Waals surface area (Å²) in [6.07, 6.45) is -0.565. The zero-order valence-corrected chi connectivity index (χ0v) is 21.2. The Bertz CT molecular complexity index is 1260. The van der Waals surface area contributed by atoms with E-state index >= 15 is 0 Å². The fourth-order valence-corrected chi connectivity index (χ4v) is 3.53. The number of ether oxygens (including phenoxy) is 6. The van der Waals surface area contributed by atoms with Crippen LogP contribution in [0.1, 0.15) is 26.7 Å². The topological polar surface area (TPSA) is 89.5 Å². The molecule has 0 aromatic heterocycles. The van der Waals surface area contributed by atoms with Crippen molar-refractivity contribution in [3.63, 3.8) is 0 Å². The summed E-state index contributed by atoms with van der Waals surface area (Å²) in [5.74, 6) is 1.01. The molecule has 0 spiro atoms. The molecule has 0 heterocycles. The molecule has 38 heavy (non-hydrogen) atoms. The predicted octanol–water partition coefficient (Wildman–Crippen LogP) is 8.28. The van der Waals surface area contributed by atoms with Crippen molar-refractivity contribution in [3.8, 4) is 34.5 Å². The van der Waals surface area contributed by atoms with Crippen LogP contribution in [0.25, 0.3) is 10.8 Å². The van der Waals surface area contributed by atoms with E-state index < -0.39 is 12.3 Å². The number of hydrogen-bond donors (Lipinski definition) is 0. The number of para-hydroxylation sites is 2. The molecule has 4 rings (SSSR count). The first kappa shape index (κ1) is 26.3. The van der Waals surface area contributed by atoms with Gasteiger partial charge in [-0.15, -0.1) is 0 Å². The summed E-state index contributed by atoms with van der Waals surface area (Å²) in [7, 11) is 0. The largest absolute Gasteiger partial charge is 0.513 e. The van der Waals surface area contributed by atoms with Crippen molar-refractivity contribution in [2.24, 2.45) is 0 Å². The maximum absolute atomic E-state index is 12.6. The normalized spacial score (nSPS) is 10.5. The molecular weight excluding hydrogens is 488 g/mol. The molecule has 8 heteroatoms. The van der Waals surface area contributed by atoms with E-state index in [-0.39, 0.29) is 36.2 Å². The standard InChI is InChI=1S/C30H28O8/c1-3-19-33-29(31)37-25-23-17-11-12-18-24(23)26(38-30(32)34-20-4-2)28(36-22-15-9-6-10-16-22)27(25)35-21-13-7-5-8-14-21/h5-18H,3-4,19-20H2,1-2H3. The lowest BCUT2D eigenvalue weighted by Gasteiger charge is -2.21. The van der Waals surface area contributed by atoms with E-state index in [4.69, 9.17) is 28.4 Å². The molecule has 0 amide bonds. The minimum atomic E-state index is -0.906. The molecule has 0 saturated carbocycles. The fraction of sp³-hybridized carbons (Fsp3) is 0.200. The highest BCUT2D eigenvalue weighted by Gasteiger charge is 2.29. The fourth-order valence-electron chi connectivity index (χ4n) is 3.53. The Morgan fingerprint density at radius 3 is 1.26 bits per heavy atom. The van der Waals surface area contributed by atoms with Crippen molar-refractivity contribution in [2.75, 3.05) is 13.2 Å². The number of carbonyl (C=O) groups is 2. The summed E-state index contributed by atoms with van der Waals surface area (Å²) in [6.45, 7) is 4.12. The molecule has 0 radical (unpaired) electrons. The zero-order valence-electron chi connectivity index (χ0n) is 21.2. The van der Waals surface area contributed by atoms with E-state index in [1.54, 1.807) is 72.8 Å². The molecule has 0 aliphatic heterocycles. The summed E-state index contributed by atoms with van der Waals surface area (Å²) >= 11 is 0. The Morgan fingerprint density at radius 2 is 0.895 bits per heavy atom. The van der Waals surface area contributed by atoms with Crippen LogP contribution in [-0.2, 0) is 9.47 Å². The predicted molar refractivity (Wildman–Crippen MR) is 142 cm³/mol. The molecule has 4 aromatic rings. The van der Waals surface area contributed by atoms with Crippen LogP contribution in [0.3, 0.4) is 0 Å². The quantitative estimate of drug-likeness (QED) is 0.154. The number of benzene rings is 4. The molecule has 0 fully saturated rings. The van der Waals surface area contributed by atoms with Gasteiger partial charge in [-0.3, -0.25) is 0 Å². The summed E-state index contributed by atoms with van der Waals surface area (Å²) in [4.78, 5) is 25.2.